The van der Waals surface area contributed by atoms with Gasteiger partial charge in [-0.15, -0.1) is 10.2 Å². The maximum atomic E-state index is 5.46. The Kier molecular flexibility index (Phi) is 2.62. The van der Waals surface area contributed by atoms with Crippen LogP contribution in [0, 0.1) is 0 Å². The van der Waals surface area contributed by atoms with Crippen molar-refractivity contribution < 1.29 is 0 Å². The Hall–Kier alpha value is -0.790. The van der Waals surface area contributed by atoms with Crippen LogP contribution in [0.2, 0.25) is 0 Å². The van der Waals surface area contributed by atoms with E-state index in [-0.39, 0.29) is 0 Å². The van der Waals surface area contributed by atoms with Gasteiger partial charge in [0.05, 0.1) is 11.8 Å². The maximum absolute atomic E-state index is 5.46. The number of hydrogen-bond acceptors (Lipinski definition) is 5. The predicted octanol–water partition coefficient (Wildman–Crippen LogP) is 1.16. The zero-order valence-electron chi connectivity index (χ0n) is 7.44. The molecule has 0 aliphatic rings. The lowest BCUT2D eigenvalue weighted by molar-refractivity contribution is 0.750. The molecule has 0 unspecified atom stereocenters. The molecule has 0 saturated heterocycles. The molecule has 2 heterocycles. The van der Waals surface area contributed by atoms with Crippen molar-refractivity contribution >= 4 is 27.3 Å². The van der Waals surface area contributed by atoms with Gasteiger partial charge in [-0.1, -0.05) is 11.3 Å². The first-order valence-corrected chi connectivity index (χ1v) is 5.53. The zero-order valence-corrected chi connectivity index (χ0v) is 9.84. The van der Waals surface area contributed by atoms with E-state index in [2.05, 4.69) is 31.2 Å². The Labute approximate surface area is 93.1 Å². The molecule has 2 rings (SSSR count). The molecule has 74 valence electrons. The summed E-state index contributed by atoms with van der Waals surface area (Å²) in [5.74, 6) is 0. The summed E-state index contributed by atoms with van der Waals surface area (Å²) in [6.07, 6.45) is 1.75. The lowest BCUT2D eigenvalue weighted by Crippen LogP contribution is -1.94. The van der Waals surface area contributed by atoms with Gasteiger partial charge in [-0.3, -0.25) is 4.68 Å². The monoisotopic (exact) mass is 273 g/mol. The smallest absolute Gasteiger partial charge is 0.152 e. The summed E-state index contributed by atoms with van der Waals surface area (Å²) >= 11 is 4.91. The van der Waals surface area contributed by atoms with Gasteiger partial charge in [0.25, 0.3) is 0 Å². The third-order valence-corrected chi connectivity index (χ3v) is 3.66. The van der Waals surface area contributed by atoms with E-state index in [0.717, 1.165) is 20.2 Å². The molecule has 2 N–H and O–H groups in total. The van der Waals surface area contributed by atoms with Crippen LogP contribution >= 0.6 is 27.3 Å². The summed E-state index contributed by atoms with van der Waals surface area (Å²) in [7, 11) is 1.86. The molecule has 5 nitrogen and oxygen atoms in total. The molecule has 0 aliphatic carbocycles. The van der Waals surface area contributed by atoms with E-state index < -0.39 is 0 Å². The highest BCUT2D eigenvalue weighted by Crippen LogP contribution is 2.29. The van der Waals surface area contributed by atoms with Crippen LogP contribution in [0.5, 0.6) is 0 Å². The third-order valence-electron chi connectivity index (χ3n) is 1.74. The molecule has 0 bridgehead atoms. The Bertz CT molecular complexity index is 449. The average molecular weight is 274 g/mol. The van der Waals surface area contributed by atoms with Gasteiger partial charge < -0.3 is 5.73 Å². The average Bonchev–Trinajstić information content (AvgIpc) is 2.75. The highest BCUT2D eigenvalue weighted by atomic mass is 79.9. The summed E-state index contributed by atoms with van der Waals surface area (Å²) in [6.45, 7) is 0.426. The molecule has 0 saturated carbocycles. The Morgan fingerprint density at radius 1 is 1.57 bits per heavy atom. The fourth-order valence-electron chi connectivity index (χ4n) is 1.01. The van der Waals surface area contributed by atoms with Crippen LogP contribution in [-0.4, -0.2) is 20.0 Å². The quantitative estimate of drug-likeness (QED) is 0.892. The first kappa shape index (κ1) is 9.75. The molecule has 2 aromatic rings. The van der Waals surface area contributed by atoms with Crippen molar-refractivity contribution in [1.82, 2.24) is 20.0 Å². The van der Waals surface area contributed by atoms with Crippen LogP contribution in [0.4, 0.5) is 0 Å². The number of nitrogens with two attached hydrogens (primary N) is 1. The molecule has 2 aromatic heterocycles. The molecule has 0 atom stereocenters. The van der Waals surface area contributed by atoms with Crippen molar-refractivity contribution in [3.63, 3.8) is 0 Å². The SMILES string of the molecule is Cn1ncc(-c2nnc(CN)s2)c1Br. The van der Waals surface area contributed by atoms with E-state index >= 15 is 0 Å². The molecule has 0 aromatic carbocycles. The van der Waals surface area contributed by atoms with Crippen molar-refractivity contribution in [2.24, 2.45) is 12.8 Å². The fourth-order valence-corrected chi connectivity index (χ4v) is 2.25. The van der Waals surface area contributed by atoms with E-state index in [1.54, 1.807) is 10.9 Å². The van der Waals surface area contributed by atoms with Crippen molar-refractivity contribution in [2.45, 2.75) is 6.54 Å². The van der Waals surface area contributed by atoms with Gasteiger partial charge in [0.2, 0.25) is 0 Å². The second-order valence-electron chi connectivity index (χ2n) is 2.68. The standard InChI is InChI=1S/C7H8BrN5S/c1-13-6(8)4(3-10-13)7-12-11-5(2-9)14-7/h3H,2,9H2,1H3. The minimum atomic E-state index is 0.426. The number of aryl methyl sites for hydroxylation is 1. The molecule has 0 amide bonds. The van der Waals surface area contributed by atoms with E-state index in [1.807, 2.05) is 7.05 Å². The Morgan fingerprint density at radius 3 is 2.86 bits per heavy atom. The van der Waals surface area contributed by atoms with E-state index in [0.29, 0.717) is 6.54 Å². The Morgan fingerprint density at radius 2 is 2.36 bits per heavy atom. The molecule has 0 fully saturated rings. The largest absolute Gasteiger partial charge is 0.324 e. The van der Waals surface area contributed by atoms with E-state index in [9.17, 15) is 0 Å². The van der Waals surface area contributed by atoms with Gasteiger partial charge in [0, 0.05) is 13.6 Å². The summed E-state index contributed by atoms with van der Waals surface area (Å²) in [6, 6.07) is 0. The molecular formula is C7H8BrN5S. The van der Waals surface area contributed by atoms with Crippen LogP contribution < -0.4 is 5.73 Å². The second kappa shape index (κ2) is 3.76. The summed E-state index contributed by atoms with van der Waals surface area (Å²) < 4.78 is 2.64. The molecule has 0 radical (unpaired) electrons. The normalized spacial score (nSPS) is 10.8. The first-order valence-electron chi connectivity index (χ1n) is 3.92. The minimum absolute atomic E-state index is 0.426. The van der Waals surface area contributed by atoms with Crippen LogP contribution in [0.25, 0.3) is 10.6 Å². The van der Waals surface area contributed by atoms with Crippen LogP contribution in [-0.2, 0) is 13.6 Å². The Balaban J connectivity index is 2.44. The molecule has 7 heteroatoms. The molecule has 0 aliphatic heterocycles. The number of nitrogens with zero attached hydrogens (tertiary/aromatic N) is 4. The van der Waals surface area contributed by atoms with Crippen molar-refractivity contribution in [3.8, 4) is 10.6 Å². The maximum Gasteiger partial charge on any atom is 0.152 e. The zero-order chi connectivity index (χ0) is 10.1. The van der Waals surface area contributed by atoms with Crippen LogP contribution in [0.3, 0.4) is 0 Å². The summed E-state index contributed by atoms with van der Waals surface area (Å²) in [5, 5.41) is 13.8. The van der Waals surface area contributed by atoms with E-state index in [1.165, 1.54) is 11.3 Å². The van der Waals surface area contributed by atoms with E-state index in [4.69, 9.17) is 5.73 Å². The molecule has 14 heavy (non-hydrogen) atoms. The lowest BCUT2D eigenvalue weighted by atomic mass is 10.4. The predicted molar refractivity (Wildman–Crippen MR) is 57.7 cm³/mol. The van der Waals surface area contributed by atoms with Crippen molar-refractivity contribution in [1.29, 1.82) is 0 Å². The molecule has 0 spiro atoms. The highest BCUT2D eigenvalue weighted by molar-refractivity contribution is 9.10. The van der Waals surface area contributed by atoms with Gasteiger partial charge in [-0.2, -0.15) is 5.10 Å². The van der Waals surface area contributed by atoms with Gasteiger partial charge in [0.15, 0.2) is 5.01 Å². The minimum Gasteiger partial charge on any atom is -0.324 e. The van der Waals surface area contributed by atoms with Gasteiger partial charge >= 0.3 is 0 Å². The van der Waals surface area contributed by atoms with Crippen molar-refractivity contribution in [2.75, 3.05) is 0 Å². The topological polar surface area (TPSA) is 69.6 Å². The van der Waals surface area contributed by atoms with Crippen molar-refractivity contribution in [3.05, 3.63) is 15.8 Å². The highest BCUT2D eigenvalue weighted by Gasteiger charge is 2.12. The third kappa shape index (κ3) is 1.58. The number of hydrogen-bond donors (Lipinski definition) is 1. The van der Waals surface area contributed by atoms with Crippen LogP contribution in [0.1, 0.15) is 5.01 Å². The number of halogens is 1. The van der Waals surface area contributed by atoms with Gasteiger partial charge in [-0.05, 0) is 15.9 Å². The van der Waals surface area contributed by atoms with Crippen LogP contribution in [0.15, 0.2) is 10.8 Å². The first-order chi connectivity index (χ1) is 6.72. The fraction of sp³-hybridized carbons (Fsp3) is 0.286. The summed E-state index contributed by atoms with van der Waals surface area (Å²) in [4.78, 5) is 0. The molecular weight excluding hydrogens is 266 g/mol. The van der Waals surface area contributed by atoms with Gasteiger partial charge in [-0.25, -0.2) is 0 Å². The number of aromatic nitrogens is 4. The lowest BCUT2D eigenvalue weighted by Gasteiger charge is -1.92. The summed E-state index contributed by atoms with van der Waals surface area (Å²) in [5.41, 5.74) is 6.41. The van der Waals surface area contributed by atoms with Gasteiger partial charge in [0.1, 0.15) is 9.61 Å². The second-order valence-corrected chi connectivity index (χ2v) is 4.49. The number of rotatable bonds is 2.